The van der Waals surface area contributed by atoms with Gasteiger partial charge in [0.15, 0.2) is 0 Å². The predicted molar refractivity (Wildman–Crippen MR) is 75.9 cm³/mol. The van der Waals surface area contributed by atoms with Gasteiger partial charge in [0.05, 0.1) is 31.7 Å². The second-order valence-corrected chi connectivity index (χ2v) is 5.39. The van der Waals surface area contributed by atoms with Crippen molar-refractivity contribution in [2.24, 2.45) is 7.05 Å². The Morgan fingerprint density at radius 1 is 1.45 bits per heavy atom. The highest BCUT2D eigenvalue weighted by atomic mass is 16.5. The summed E-state index contributed by atoms with van der Waals surface area (Å²) in [4.78, 5) is 24.3. The normalized spacial score (nSPS) is 25.2. The summed E-state index contributed by atoms with van der Waals surface area (Å²) in [6.07, 6.45) is 2.31. The van der Waals surface area contributed by atoms with E-state index in [0.717, 1.165) is 25.5 Å². The Bertz CT molecular complexity index is 520. The highest BCUT2D eigenvalue weighted by Gasteiger charge is 2.39. The van der Waals surface area contributed by atoms with Gasteiger partial charge in [-0.15, -0.1) is 10.2 Å². The molecule has 9 nitrogen and oxygen atoms in total. The molecule has 0 unspecified atom stereocenters. The number of carboxylic acid groups (broad SMARTS) is 1. The summed E-state index contributed by atoms with van der Waals surface area (Å²) < 4.78 is 7.72. The van der Waals surface area contributed by atoms with Crippen LogP contribution < -0.4 is 0 Å². The van der Waals surface area contributed by atoms with Crippen LogP contribution in [0.3, 0.4) is 0 Å². The van der Waals surface area contributed by atoms with Crippen molar-refractivity contribution in [1.29, 1.82) is 0 Å². The molecule has 122 valence electrons. The van der Waals surface area contributed by atoms with Crippen molar-refractivity contribution in [1.82, 2.24) is 24.6 Å². The molecule has 3 rings (SSSR count). The van der Waals surface area contributed by atoms with Crippen molar-refractivity contribution in [2.75, 3.05) is 26.7 Å². The highest BCUT2D eigenvalue weighted by Crippen LogP contribution is 2.22. The lowest BCUT2D eigenvalue weighted by molar-refractivity contribution is -0.131. The van der Waals surface area contributed by atoms with Crippen molar-refractivity contribution in [2.45, 2.75) is 25.1 Å². The molecule has 0 radical (unpaired) electrons. The topological polar surface area (TPSA) is 101 Å². The number of nitrogens with zero attached hydrogens (tertiary/aromatic N) is 5. The van der Waals surface area contributed by atoms with Gasteiger partial charge in [-0.1, -0.05) is 0 Å². The van der Waals surface area contributed by atoms with Crippen LogP contribution in [0.25, 0.3) is 0 Å². The molecule has 2 fully saturated rings. The molecule has 0 aromatic carbocycles. The Labute approximate surface area is 128 Å². The van der Waals surface area contributed by atoms with Crippen LogP contribution in [-0.2, 0) is 27.9 Å². The van der Waals surface area contributed by atoms with Crippen molar-refractivity contribution in [3.63, 3.8) is 0 Å². The van der Waals surface area contributed by atoms with E-state index in [1.165, 1.54) is 0 Å². The van der Waals surface area contributed by atoms with Gasteiger partial charge in [-0.2, -0.15) is 0 Å². The number of fused-ring (bicyclic) bond motifs is 1. The first-order chi connectivity index (χ1) is 10.6. The van der Waals surface area contributed by atoms with E-state index in [2.05, 4.69) is 15.1 Å². The number of likely N-dealkylation sites (N-methyl/N-ethyl adjacent to an activating group) is 1. The summed E-state index contributed by atoms with van der Waals surface area (Å²) in [5.41, 5.74) is 0. The molecule has 1 N–H and O–H groups in total. The van der Waals surface area contributed by atoms with Crippen LogP contribution in [0.5, 0.6) is 0 Å². The van der Waals surface area contributed by atoms with Gasteiger partial charge in [-0.05, 0) is 0 Å². The van der Waals surface area contributed by atoms with E-state index in [-0.39, 0.29) is 24.5 Å². The lowest BCUT2D eigenvalue weighted by Crippen LogP contribution is -2.42. The van der Waals surface area contributed by atoms with Crippen LogP contribution in [0.2, 0.25) is 0 Å². The van der Waals surface area contributed by atoms with Gasteiger partial charge in [0.25, 0.3) is 6.47 Å². The Kier molecular flexibility index (Phi) is 5.45. The fourth-order valence-corrected chi connectivity index (χ4v) is 2.81. The first kappa shape index (κ1) is 16.4. The lowest BCUT2D eigenvalue weighted by atomic mass is 10.2. The molecule has 0 saturated carbocycles. The molecule has 1 aromatic heterocycles. The number of carbonyl (C=O) groups excluding carboxylic acids is 1. The van der Waals surface area contributed by atoms with Gasteiger partial charge in [0.1, 0.15) is 12.2 Å². The van der Waals surface area contributed by atoms with E-state index in [4.69, 9.17) is 14.6 Å². The Morgan fingerprint density at radius 2 is 2.18 bits per heavy atom. The highest BCUT2D eigenvalue weighted by molar-refractivity contribution is 5.76. The number of aryl methyl sites for hydroxylation is 1. The van der Waals surface area contributed by atoms with Crippen LogP contribution in [0, 0.1) is 0 Å². The van der Waals surface area contributed by atoms with Crippen LogP contribution in [0.15, 0.2) is 6.33 Å². The summed E-state index contributed by atoms with van der Waals surface area (Å²) in [5.74, 6) is 1.11. The first-order valence-corrected chi connectivity index (χ1v) is 7.07. The minimum atomic E-state index is -0.250. The fraction of sp³-hybridized carbons (Fsp3) is 0.692. The number of amides is 1. The van der Waals surface area contributed by atoms with Gasteiger partial charge in [0.2, 0.25) is 5.91 Å². The van der Waals surface area contributed by atoms with Crippen LogP contribution >= 0.6 is 0 Å². The second kappa shape index (κ2) is 7.32. The van der Waals surface area contributed by atoms with Crippen molar-refractivity contribution < 1.29 is 19.4 Å². The molecule has 9 heteroatoms. The Balaban J connectivity index is 0.000000545. The zero-order valence-corrected chi connectivity index (χ0v) is 12.8. The predicted octanol–water partition coefficient (Wildman–Crippen LogP) is -1.05. The van der Waals surface area contributed by atoms with Crippen LogP contribution in [-0.4, -0.2) is 80.9 Å². The molecule has 2 saturated heterocycles. The van der Waals surface area contributed by atoms with Crippen molar-refractivity contribution >= 4 is 12.4 Å². The summed E-state index contributed by atoms with van der Waals surface area (Å²) in [7, 11) is 3.82. The molecule has 3 heterocycles. The number of carbonyl (C=O) groups is 2. The number of hydrogen-bond acceptors (Lipinski definition) is 6. The lowest BCUT2D eigenvalue weighted by Gasteiger charge is -2.25. The quantitative estimate of drug-likeness (QED) is 0.695. The van der Waals surface area contributed by atoms with Crippen molar-refractivity contribution in [3.8, 4) is 0 Å². The molecule has 2 atom stereocenters. The SMILES string of the molecule is CN1C(=O)CCO[C@H]2CN(Cc3nncn3C)C[C@@H]21.O=CO. The number of aromatic nitrogens is 3. The number of rotatable bonds is 2. The van der Waals surface area contributed by atoms with Gasteiger partial charge >= 0.3 is 0 Å². The molecule has 2 aliphatic heterocycles. The van der Waals surface area contributed by atoms with Crippen molar-refractivity contribution in [3.05, 3.63) is 12.2 Å². The van der Waals surface area contributed by atoms with E-state index in [0.29, 0.717) is 13.0 Å². The van der Waals surface area contributed by atoms with E-state index in [9.17, 15) is 4.79 Å². The molecule has 22 heavy (non-hydrogen) atoms. The Morgan fingerprint density at radius 3 is 2.82 bits per heavy atom. The number of ether oxygens (including phenoxy) is 1. The van der Waals surface area contributed by atoms with Crippen LogP contribution in [0.4, 0.5) is 0 Å². The van der Waals surface area contributed by atoms with Gasteiger partial charge in [0, 0.05) is 27.2 Å². The molecule has 1 aromatic rings. The third-order valence-electron chi connectivity index (χ3n) is 4.02. The molecular weight excluding hydrogens is 290 g/mol. The van der Waals surface area contributed by atoms with E-state index < -0.39 is 0 Å². The Hall–Kier alpha value is -2.00. The standard InChI is InChI=1S/C12H19N5O2.CH2O2/c1-15-8-13-14-11(15)7-17-5-9-10(6-17)19-4-3-12(18)16(9)2;2-1-3/h8-10H,3-7H2,1-2H3;1H,(H,2,3)/t9-,10-;/m0./s1. The summed E-state index contributed by atoms with van der Waals surface area (Å²) >= 11 is 0. The largest absolute Gasteiger partial charge is 0.483 e. The van der Waals surface area contributed by atoms with E-state index >= 15 is 0 Å². The smallest absolute Gasteiger partial charge is 0.290 e. The van der Waals surface area contributed by atoms with E-state index in [1.807, 2.05) is 23.6 Å². The summed E-state index contributed by atoms with van der Waals surface area (Å²) in [6, 6.07) is 0.156. The number of hydrogen-bond donors (Lipinski definition) is 1. The molecule has 1 amide bonds. The summed E-state index contributed by atoms with van der Waals surface area (Å²) in [5, 5.41) is 14.9. The average molecular weight is 311 g/mol. The second-order valence-electron chi connectivity index (χ2n) is 5.39. The minimum Gasteiger partial charge on any atom is -0.483 e. The summed E-state index contributed by atoms with van der Waals surface area (Å²) in [6.45, 7) is 2.70. The average Bonchev–Trinajstić information content (AvgIpc) is 3.03. The molecular formula is C13H21N5O4. The third kappa shape index (κ3) is 3.60. The van der Waals surface area contributed by atoms with Gasteiger partial charge < -0.3 is 19.3 Å². The third-order valence-corrected chi connectivity index (χ3v) is 4.02. The maximum Gasteiger partial charge on any atom is 0.290 e. The van der Waals surface area contributed by atoms with Gasteiger partial charge in [-0.25, -0.2) is 0 Å². The number of likely N-dealkylation sites (tertiary alicyclic amines) is 1. The first-order valence-electron chi connectivity index (χ1n) is 7.07. The van der Waals surface area contributed by atoms with Gasteiger partial charge in [-0.3, -0.25) is 14.5 Å². The monoisotopic (exact) mass is 311 g/mol. The zero-order chi connectivity index (χ0) is 16.1. The molecule has 0 spiro atoms. The van der Waals surface area contributed by atoms with Crippen LogP contribution in [0.1, 0.15) is 12.2 Å². The minimum absolute atomic E-state index is 0.115. The molecule has 0 aliphatic carbocycles. The zero-order valence-electron chi connectivity index (χ0n) is 12.8. The fourth-order valence-electron chi connectivity index (χ4n) is 2.81. The maximum atomic E-state index is 11.8. The molecule has 2 aliphatic rings. The molecule has 0 bridgehead atoms. The van der Waals surface area contributed by atoms with E-state index in [1.54, 1.807) is 6.33 Å². The maximum absolute atomic E-state index is 11.8.